The Bertz CT molecular complexity index is 650. The van der Waals surface area contributed by atoms with Gasteiger partial charge < -0.3 is 14.3 Å². The lowest BCUT2D eigenvalue weighted by molar-refractivity contribution is 0.0981. The number of hydrogen-bond acceptors (Lipinski definition) is 4. The molecular weight excluding hydrogens is 282 g/mol. The van der Waals surface area contributed by atoms with Crippen molar-refractivity contribution in [2.45, 2.75) is 26.1 Å². The lowest BCUT2D eigenvalue weighted by atomic mass is 10.2. The Balaban J connectivity index is 2.32. The minimum atomic E-state index is -2.93. The van der Waals surface area contributed by atoms with Gasteiger partial charge in [-0.15, -0.1) is 0 Å². The van der Waals surface area contributed by atoms with E-state index in [0.29, 0.717) is 6.07 Å². The van der Waals surface area contributed by atoms with Gasteiger partial charge in [0.05, 0.1) is 0 Å². The highest BCUT2D eigenvalue weighted by Crippen LogP contribution is 2.27. The standard InChI is InChI=1S/C15H14F2O4/c1-9(18)13-14(11(19)7-12(21-13)15(16)17)20-8-10-5-3-2-4-6-10/h2-7,9,15,18H,8H2,1H3. The summed E-state index contributed by atoms with van der Waals surface area (Å²) in [6.45, 7) is 1.38. The zero-order valence-corrected chi connectivity index (χ0v) is 11.3. The minimum absolute atomic E-state index is 0.0688. The van der Waals surface area contributed by atoms with Gasteiger partial charge in [0, 0.05) is 6.07 Å². The zero-order chi connectivity index (χ0) is 15.4. The van der Waals surface area contributed by atoms with Crippen molar-refractivity contribution < 1.29 is 23.0 Å². The lowest BCUT2D eigenvalue weighted by Crippen LogP contribution is -2.13. The topological polar surface area (TPSA) is 59.7 Å². The molecule has 0 saturated heterocycles. The van der Waals surface area contributed by atoms with E-state index >= 15 is 0 Å². The fourth-order valence-electron chi connectivity index (χ4n) is 1.77. The molecule has 1 atom stereocenters. The number of halogens is 2. The van der Waals surface area contributed by atoms with Crippen LogP contribution in [0.15, 0.2) is 45.6 Å². The van der Waals surface area contributed by atoms with Crippen LogP contribution in [-0.2, 0) is 6.61 Å². The smallest absolute Gasteiger partial charge is 0.295 e. The molecule has 0 radical (unpaired) electrons. The van der Waals surface area contributed by atoms with Crippen LogP contribution in [0, 0.1) is 0 Å². The Morgan fingerprint density at radius 1 is 1.29 bits per heavy atom. The van der Waals surface area contributed by atoms with E-state index in [0.717, 1.165) is 5.56 Å². The molecule has 0 amide bonds. The summed E-state index contributed by atoms with van der Waals surface area (Å²) >= 11 is 0. The van der Waals surface area contributed by atoms with Gasteiger partial charge in [0.25, 0.3) is 6.43 Å². The first-order chi connectivity index (χ1) is 9.99. The fraction of sp³-hybridized carbons (Fsp3) is 0.267. The van der Waals surface area contributed by atoms with Crippen molar-refractivity contribution in [2.24, 2.45) is 0 Å². The number of rotatable bonds is 5. The normalized spacial score (nSPS) is 12.4. The third-order valence-corrected chi connectivity index (χ3v) is 2.77. The molecular formula is C15H14F2O4. The highest BCUT2D eigenvalue weighted by molar-refractivity contribution is 5.29. The second-order valence-corrected chi connectivity index (χ2v) is 4.46. The van der Waals surface area contributed by atoms with Gasteiger partial charge in [-0.1, -0.05) is 30.3 Å². The van der Waals surface area contributed by atoms with E-state index in [1.165, 1.54) is 6.92 Å². The zero-order valence-electron chi connectivity index (χ0n) is 11.3. The van der Waals surface area contributed by atoms with Crippen LogP contribution in [-0.4, -0.2) is 5.11 Å². The third-order valence-electron chi connectivity index (χ3n) is 2.77. The Morgan fingerprint density at radius 2 is 1.95 bits per heavy atom. The summed E-state index contributed by atoms with van der Waals surface area (Å²) in [6, 6.07) is 9.69. The van der Waals surface area contributed by atoms with Crippen LogP contribution in [0.4, 0.5) is 8.78 Å². The summed E-state index contributed by atoms with van der Waals surface area (Å²) in [7, 11) is 0. The van der Waals surface area contributed by atoms with E-state index < -0.39 is 23.7 Å². The molecule has 0 fully saturated rings. The van der Waals surface area contributed by atoms with Gasteiger partial charge in [0.1, 0.15) is 12.7 Å². The van der Waals surface area contributed by atoms with E-state index in [1.54, 1.807) is 24.3 Å². The monoisotopic (exact) mass is 296 g/mol. The van der Waals surface area contributed by atoms with Gasteiger partial charge >= 0.3 is 0 Å². The predicted molar refractivity (Wildman–Crippen MR) is 71.3 cm³/mol. The van der Waals surface area contributed by atoms with E-state index in [-0.39, 0.29) is 18.1 Å². The van der Waals surface area contributed by atoms with Crippen molar-refractivity contribution in [1.82, 2.24) is 0 Å². The molecule has 0 bridgehead atoms. The first-order valence-electron chi connectivity index (χ1n) is 6.30. The van der Waals surface area contributed by atoms with Gasteiger partial charge in [0.2, 0.25) is 11.2 Å². The highest BCUT2D eigenvalue weighted by Gasteiger charge is 2.21. The third kappa shape index (κ3) is 3.66. The summed E-state index contributed by atoms with van der Waals surface area (Å²) in [5.74, 6) is -1.34. The minimum Gasteiger partial charge on any atom is -0.482 e. The quantitative estimate of drug-likeness (QED) is 0.920. The number of ether oxygens (including phenoxy) is 1. The Hall–Kier alpha value is -2.21. The van der Waals surface area contributed by atoms with Crippen LogP contribution < -0.4 is 10.2 Å². The van der Waals surface area contributed by atoms with Crippen molar-refractivity contribution >= 4 is 0 Å². The van der Waals surface area contributed by atoms with Gasteiger partial charge in [-0.3, -0.25) is 4.79 Å². The predicted octanol–water partition coefficient (Wildman–Crippen LogP) is 3.21. The van der Waals surface area contributed by atoms with Crippen molar-refractivity contribution in [3.63, 3.8) is 0 Å². The van der Waals surface area contributed by atoms with E-state index in [2.05, 4.69) is 0 Å². The molecule has 2 rings (SSSR count). The van der Waals surface area contributed by atoms with E-state index in [4.69, 9.17) is 9.15 Å². The van der Waals surface area contributed by atoms with Crippen molar-refractivity contribution in [1.29, 1.82) is 0 Å². The van der Waals surface area contributed by atoms with Crippen molar-refractivity contribution in [3.05, 3.63) is 63.7 Å². The molecule has 21 heavy (non-hydrogen) atoms. The maximum absolute atomic E-state index is 12.6. The van der Waals surface area contributed by atoms with Crippen molar-refractivity contribution in [2.75, 3.05) is 0 Å². The van der Waals surface area contributed by atoms with Gasteiger partial charge in [-0.05, 0) is 12.5 Å². The summed E-state index contributed by atoms with van der Waals surface area (Å²) < 4.78 is 35.5. The van der Waals surface area contributed by atoms with Crippen LogP contribution in [0.1, 0.15) is 36.5 Å². The van der Waals surface area contributed by atoms with Crippen LogP contribution >= 0.6 is 0 Å². The Labute approximate surface area is 119 Å². The molecule has 112 valence electrons. The molecule has 0 saturated carbocycles. The average molecular weight is 296 g/mol. The van der Waals surface area contributed by atoms with Crippen LogP contribution in [0.2, 0.25) is 0 Å². The first kappa shape index (κ1) is 15.2. The molecule has 1 unspecified atom stereocenters. The molecule has 2 aromatic rings. The maximum Gasteiger partial charge on any atom is 0.295 e. The molecule has 0 spiro atoms. The molecule has 1 aromatic heterocycles. The maximum atomic E-state index is 12.6. The molecule has 1 heterocycles. The van der Waals surface area contributed by atoms with E-state index in [9.17, 15) is 18.7 Å². The van der Waals surface area contributed by atoms with Crippen molar-refractivity contribution in [3.8, 4) is 5.75 Å². The first-order valence-corrected chi connectivity index (χ1v) is 6.30. The summed E-state index contributed by atoms with van der Waals surface area (Å²) in [4.78, 5) is 11.9. The number of benzene rings is 1. The van der Waals surface area contributed by atoms with E-state index in [1.807, 2.05) is 6.07 Å². The summed E-state index contributed by atoms with van der Waals surface area (Å²) in [5.41, 5.74) is 0.0507. The number of aliphatic hydroxyl groups is 1. The molecule has 0 aliphatic rings. The Morgan fingerprint density at radius 3 is 2.52 bits per heavy atom. The largest absolute Gasteiger partial charge is 0.482 e. The molecule has 1 aromatic carbocycles. The molecule has 0 aliphatic heterocycles. The van der Waals surface area contributed by atoms with Crippen LogP contribution in [0.3, 0.4) is 0 Å². The van der Waals surface area contributed by atoms with Crippen LogP contribution in [0.5, 0.6) is 5.75 Å². The second kappa shape index (κ2) is 6.49. The number of hydrogen-bond donors (Lipinski definition) is 1. The second-order valence-electron chi connectivity index (χ2n) is 4.46. The average Bonchev–Trinajstić information content (AvgIpc) is 2.46. The van der Waals surface area contributed by atoms with Crippen LogP contribution in [0.25, 0.3) is 0 Å². The molecule has 4 nitrogen and oxygen atoms in total. The SMILES string of the molecule is CC(O)c1oc(C(F)F)cc(=O)c1OCc1ccccc1. The number of alkyl halides is 2. The lowest BCUT2D eigenvalue weighted by Gasteiger charge is -2.13. The summed E-state index contributed by atoms with van der Waals surface area (Å²) in [5, 5.41) is 9.57. The van der Waals surface area contributed by atoms with Gasteiger partial charge in [-0.2, -0.15) is 0 Å². The molecule has 6 heteroatoms. The highest BCUT2D eigenvalue weighted by atomic mass is 19.3. The molecule has 1 N–H and O–H groups in total. The van der Waals surface area contributed by atoms with Gasteiger partial charge in [-0.25, -0.2) is 8.78 Å². The Kier molecular flexibility index (Phi) is 4.70. The molecule has 0 aliphatic carbocycles. The van der Waals surface area contributed by atoms with Gasteiger partial charge in [0.15, 0.2) is 11.5 Å². The fourth-order valence-corrected chi connectivity index (χ4v) is 1.77. The summed E-state index contributed by atoms with van der Waals surface area (Å²) in [6.07, 6.45) is -4.17. The number of aliphatic hydroxyl groups excluding tert-OH is 1.